The minimum atomic E-state index is -4.04. The van der Waals surface area contributed by atoms with Crippen LogP contribution < -0.4 is 5.32 Å². The number of benzene rings is 2. The number of nitrogens with one attached hydrogen (secondary N) is 2. The Bertz CT molecular complexity index is 1340. The van der Waals surface area contributed by atoms with Gasteiger partial charge in [-0.25, -0.2) is 4.79 Å². The van der Waals surface area contributed by atoms with Gasteiger partial charge < -0.3 is 19.8 Å². The lowest BCUT2D eigenvalue weighted by Crippen LogP contribution is -2.43. The van der Waals surface area contributed by atoms with E-state index in [4.69, 9.17) is 13.7 Å². The van der Waals surface area contributed by atoms with E-state index in [2.05, 4.69) is 10.3 Å². The summed E-state index contributed by atoms with van der Waals surface area (Å²) in [6.07, 6.45) is -0.633. The molecule has 0 fully saturated rings. The van der Waals surface area contributed by atoms with Crippen molar-refractivity contribution in [2.45, 2.75) is 55.7 Å². The van der Waals surface area contributed by atoms with Gasteiger partial charge in [0.2, 0.25) is 0 Å². The van der Waals surface area contributed by atoms with Crippen LogP contribution in [0.15, 0.2) is 58.5 Å². The van der Waals surface area contributed by atoms with Gasteiger partial charge >= 0.3 is 12.1 Å². The highest BCUT2D eigenvalue weighted by Gasteiger charge is 2.24. The molecule has 0 aliphatic heterocycles. The second kappa shape index (κ2) is 12.0. The Morgan fingerprint density at radius 2 is 1.76 bits per heavy atom. The molecule has 0 saturated heterocycles. The van der Waals surface area contributed by atoms with E-state index < -0.39 is 27.9 Å². The number of esters is 1. The second-order valence-corrected chi connectivity index (χ2v) is 12.1. The van der Waals surface area contributed by atoms with Crippen LogP contribution >= 0.6 is 11.8 Å². The lowest BCUT2D eigenvalue weighted by atomic mass is 10.1. The molecule has 0 bridgehead atoms. The Kier molecular flexibility index (Phi) is 9.27. The highest BCUT2D eigenvalue weighted by atomic mass is 32.2. The molecule has 1 atom stereocenters. The first kappa shape index (κ1) is 28.5. The zero-order chi connectivity index (χ0) is 27.2. The third-order valence-corrected chi connectivity index (χ3v) is 7.71. The first-order valence-corrected chi connectivity index (χ1v) is 14.0. The van der Waals surface area contributed by atoms with Gasteiger partial charge in [-0.05, 0) is 45.9 Å². The normalized spacial score (nSPS) is 12.8. The molecule has 2 aromatic carbocycles. The minimum absolute atomic E-state index is 0.0257. The standard InChI is InChI=1S/C26H32N2O7S2/c1-17-10-12-19(13-11-17)37(31,32)34-15-18(27-25(30)35-26(2,3)4)16-36-24-21(14-23(29)33-5)20-8-6-7-9-22(20)28-24/h6-13,18,28H,14-16H2,1-5H3,(H,27,30)/t18-/m0/s1. The highest BCUT2D eigenvalue weighted by Crippen LogP contribution is 2.31. The number of fused-ring (bicyclic) bond motifs is 1. The SMILES string of the molecule is COC(=O)Cc1c(SC[C@H](COS(=O)(=O)c2ccc(C)cc2)NC(=O)OC(C)(C)C)[nH]c2ccccc12. The van der Waals surface area contributed by atoms with Gasteiger partial charge in [0, 0.05) is 22.2 Å². The van der Waals surface area contributed by atoms with Gasteiger partial charge in [-0.1, -0.05) is 35.9 Å². The molecule has 0 aliphatic carbocycles. The third kappa shape index (κ3) is 8.24. The molecule has 0 radical (unpaired) electrons. The van der Waals surface area contributed by atoms with E-state index in [9.17, 15) is 18.0 Å². The smallest absolute Gasteiger partial charge is 0.407 e. The van der Waals surface area contributed by atoms with Gasteiger partial charge in [0.25, 0.3) is 10.1 Å². The molecule has 2 N–H and O–H groups in total. The highest BCUT2D eigenvalue weighted by molar-refractivity contribution is 7.99. The number of amides is 1. The number of aryl methyl sites for hydroxylation is 1. The average molecular weight is 549 g/mol. The number of para-hydroxylation sites is 1. The summed E-state index contributed by atoms with van der Waals surface area (Å²) >= 11 is 1.33. The number of aromatic nitrogens is 1. The summed E-state index contributed by atoms with van der Waals surface area (Å²) in [4.78, 5) is 27.9. The van der Waals surface area contributed by atoms with Crippen molar-refractivity contribution in [3.8, 4) is 0 Å². The summed E-state index contributed by atoms with van der Waals surface area (Å²) in [5.74, 6) is -0.147. The molecule has 3 rings (SSSR count). The van der Waals surface area contributed by atoms with Crippen molar-refractivity contribution >= 4 is 44.8 Å². The zero-order valence-corrected chi connectivity index (χ0v) is 23.1. The lowest BCUT2D eigenvalue weighted by molar-refractivity contribution is -0.139. The maximum Gasteiger partial charge on any atom is 0.407 e. The summed E-state index contributed by atoms with van der Waals surface area (Å²) < 4.78 is 41.0. The predicted molar refractivity (Wildman–Crippen MR) is 142 cm³/mol. The average Bonchev–Trinajstić information content (AvgIpc) is 3.17. The van der Waals surface area contributed by atoms with Crippen molar-refractivity contribution in [3.05, 3.63) is 59.7 Å². The van der Waals surface area contributed by atoms with Crippen LogP contribution in [0.4, 0.5) is 4.79 Å². The van der Waals surface area contributed by atoms with Crippen LogP contribution in [0, 0.1) is 6.92 Å². The van der Waals surface area contributed by atoms with Gasteiger partial charge in [0.1, 0.15) is 5.60 Å². The number of carbonyl (C=O) groups is 2. The number of thioether (sulfide) groups is 1. The van der Waals surface area contributed by atoms with Gasteiger partial charge in [0.05, 0.1) is 36.1 Å². The Hall–Kier alpha value is -3.02. The van der Waals surface area contributed by atoms with Crippen molar-refractivity contribution in [1.29, 1.82) is 0 Å². The number of rotatable bonds is 10. The van der Waals surface area contributed by atoms with E-state index in [1.165, 1.54) is 31.0 Å². The molecule has 200 valence electrons. The lowest BCUT2D eigenvalue weighted by Gasteiger charge is -2.23. The Balaban J connectivity index is 1.80. The number of hydrogen-bond acceptors (Lipinski definition) is 8. The van der Waals surface area contributed by atoms with E-state index in [0.29, 0.717) is 5.03 Å². The Labute approximate surface area is 221 Å². The minimum Gasteiger partial charge on any atom is -0.469 e. The fraction of sp³-hybridized carbons (Fsp3) is 0.385. The maximum atomic E-state index is 12.7. The molecular weight excluding hydrogens is 516 g/mol. The number of methoxy groups -OCH3 is 1. The van der Waals surface area contributed by atoms with Crippen molar-refractivity contribution < 1.29 is 31.7 Å². The third-order valence-electron chi connectivity index (χ3n) is 5.21. The molecule has 37 heavy (non-hydrogen) atoms. The van der Waals surface area contributed by atoms with E-state index in [1.54, 1.807) is 32.9 Å². The Morgan fingerprint density at radius 3 is 2.41 bits per heavy atom. The molecule has 3 aromatic rings. The van der Waals surface area contributed by atoms with Crippen molar-refractivity contribution in [3.63, 3.8) is 0 Å². The number of carbonyl (C=O) groups excluding carboxylic acids is 2. The molecular formula is C26H32N2O7S2. The summed E-state index contributed by atoms with van der Waals surface area (Å²) in [6.45, 7) is 6.75. The first-order valence-electron chi connectivity index (χ1n) is 11.6. The monoisotopic (exact) mass is 548 g/mol. The Morgan fingerprint density at radius 1 is 1.08 bits per heavy atom. The van der Waals surface area contributed by atoms with E-state index >= 15 is 0 Å². The van der Waals surface area contributed by atoms with Gasteiger partial charge in [0.15, 0.2) is 0 Å². The summed E-state index contributed by atoms with van der Waals surface area (Å²) in [5, 5.41) is 4.30. The molecule has 1 heterocycles. The van der Waals surface area contributed by atoms with Crippen LogP contribution in [0.2, 0.25) is 0 Å². The maximum absolute atomic E-state index is 12.7. The van der Waals surface area contributed by atoms with E-state index in [1.807, 2.05) is 31.2 Å². The number of aromatic amines is 1. The fourth-order valence-electron chi connectivity index (χ4n) is 3.42. The van der Waals surface area contributed by atoms with Crippen molar-refractivity contribution in [1.82, 2.24) is 10.3 Å². The zero-order valence-electron chi connectivity index (χ0n) is 21.5. The fourth-order valence-corrected chi connectivity index (χ4v) is 5.46. The summed E-state index contributed by atoms with van der Waals surface area (Å²) in [5.41, 5.74) is 1.79. The predicted octanol–water partition coefficient (Wildman–Crippen LogP) is 4.58. The van der Waals surface area contributed by atoms with Gasteiger partial charge in [-0.15, -0.1) is 11.8 Å². The summed E-state index contributed by atoms with van der Waals surface area (Å²) in [7, 11) is -2.71. The topological polar surface area (TPSA) is 124 Å². The van der Waals surface area contributed by atoms with Gasteiger partial charge in [-0.3, -0.25) is 8.98 Å². The first-order chi connectivity index (χ1) is 17.4. The van der Waals surface area contributed by atoms with Gasteiger partial charge in [-0.2, -0.15) is 8.42 Å². The van der Waals surface area contributed by atoms with Crippen molar-refractivity contribution in [2.75, 3.05) is 19.5 Å². The van der Waals surface area contributed by atoms with Crippen molar-refractivity contribution in [2.24, 2.45) is 0 Å². The quantitative estimate of drug-likeness (QED) is 0.214. The van der Waals surface area contributed by atoms with Crippen LogP contribution in [0.3, 0.4) is 0 Å². The molecule has 0 spiro atoms. The molecule has 0 unspecified atom stereocenters. The second-order valence-electron chi connectivity index (χ2n) is 9.44. The molecule has 9 nitrogen and oxygen atoms in total. The molecule has 0 aliphatic rings. The number of ether oxygens (including phenoxy) is 2. The number of H-pyrrole nitrogens is 1. The van der Waals surface area contributed by atoms with Crippen LogP contribution in [0.25, 0.3) is 10.9 Å². The number of hydrogen-bond donors (Lipinski definition) is 2. The van der Waals surface area contributed by atoms with E-state index in [0.717, 1.165) is 22.0 Å². The molecule has 1 aromatic heterocycles. The van der Waals surface area contributed by atoms with Crippen LogP contribution in [-0.4, -0.2) is 56.6 Å². The largest absolute Gasteiger partial charge is 0.469 e. The summed E-state index contributed by atoms with van der Waals surface area (Å²) in [6, 6.07) is 13.1. The number of alkyl carbamates (subject to hydrolysis) is 1. The molecule has 1 amide bonds. The van der Waals surface area contributed by atoms with E-state index in [-0.39, 0.29) is 29.6 Å². The van der Waals surface area contributed by atoms with Crippen LogP contribution in [-0.2, 0) is 35.0 Å². The van der Waals surface area contributed by atoms with Crippen LogP contribution in [0.5, 0.6) is 0 Å². The molecule has 0 saturated carbocycles. The van der Waals surface area contributed by atoms with Crippen LogP contribution in [0.1, 0.15) is 31.9 Å². The molecule has 11 heteroatoms.